The summed E-state index contributed by atoms with van der Waals surface area (Å²) in [5, 5.41) is 0.657. The molecule has 0 atom stereocenters. The van der Waals surface area contributed by atoms with E-state index in [-0.39, 0.29) is 0 Å². The molecule has 0 unspecified atom stereocenters. The average molecular weight is 155 g/mol. The fourth-order valence-electron chi connectivity index (χ4n) is 0.812. The van der Waals surface area contributed by atoms with E-state index in [1.165, 1.54) is 0 Å². The van der Waals surface area contributed by atoms with Crippen LogP contribution in [-0.2, 0) is 6.42 Å². The highest BCUT2D eigenvalue weighted by Gasteiger charge is 1.94. The summed E-state index contributed by atoms with van der Waals surface area (Å²) in [7, 11) is 0. The molecule has 0 saturated heterocycles. The third kappa shape index (κ3) is 1.71. The van der Waals surface area contributed by atoms with Crippen LogP contribution in [0.15, 0.2) is 6.07 Å². The first-order valence-electron chi connectivity index (χ1n) is 3.27. The van der Waals surface area contributed by atoms with Gasteiger partial charge in [-0.1, -0.05) is 18.5 Å². The lowest BCUT2D eigenvalue weighted by Gasteiger charge is -1.97. The van der Waals surface area contributed by atoms with Gasteiger partial charge in [0.1, 0.15) is 0 Å². The molecule has 0 amide bonds. The summed E-state index contributed by atoms with van der Waals surface area (Å²) in [6.45, 7) is 3.95. The summed E-state index contributed by atoms with van der Waals surface area (Å²) in [5.41, 5.74) is 1.89. The predicted molar refractivity (Wildman–Crippen MR) is 42.2 cm³/mol. The number of aryl methyl sites for hydroxylation is 2. The maximum absolute atomic E-state index is 5.73. The Morgan fingerprint density at radius 1 is 1.70 bits per heavy atom. The Kier molecular flexibility index (Phi) is 2.28. The smallest absolute Gasteiger partial charge is 0.0521 e. The molecule has 0 spiro atoms. The molecule has 1 aromatic rings. The minimum Gasteiger partial charge on any atom is -0.257 e. The topological polar surface area (TPSA) is 12.9 Å². The molecule has 1 aromatic heterocycles. The largest absolute Gasteiger partial charge is 0.257 e. The van der Waals surface area contributed by atoms with Crippen LogP contribution in [-0.4, -0.2) is 4.98 Å². The summed E-state index contributed by atoms with van der Waals surface area (Å²) < 4.78 is 0. The van der Waals surface area contributed by atoms with Gasteiger partial charge in [0.2, 0.25) is 0 Å². The van der Waals surface area contributed by atoms with E-state index in [0.717, 1.165) is 17.8 Å². The van der Waals surface area contributed by atoms with E-state index in [2.05, 4.69) is 18.0 Å². The number of aromatic nitrogens is 1. The molecule has 1 nitrogen and oxygen atoms in total. The Morgan fingerprint density at radius 3 is 2.90 bits per heavy atom. The Labute approximate surface area is 66.0 Å². The second kappa shape index (κ2) is 3.02. The zero-order chi connectivity index (χ0) is 7.56. The quantitative estimate of drug-likeness (QED) is 0.606. The van der Waals surface area contributed by atoms with E-state index >= 15 is 0 Å². The number of hydrogen-bond donors (Lipinski definition) is 0. The van der Waals surface area contributed by atoms with Gasteiger partial charge in [0.25, 0.3) is 0 Å². The van der Waals surface area contributed by atoms with E-state index < -0.39 is 0 Å². The van der Waals surface area contributed by atoms with Crippen molar-refractivity contribution in [1.82, 2.24) is 4.98 Å². The van der Waals surface area contributed by atoms with Crippen LogP contribution in [0.2, 0.25) is 5.02 Å². The zero-order valence-electron chi connectivity index (χ0n) is 6.11. The van der Waals surface area contributed by atoms with E-state index in [1.807, 2.05) is 13.0 Å². The Bertz CT molecular complexity index is 212. The van der Waals surface area contributed by atoms with Crippen molar-refractivity contribution >= 4 is 11.6 Å². The van der Waals surface area contributed by atoms with E-state index in [1.54, 1.807) is 0 Å². The number of halogens is 1. The van der Waals surface area contributed by atoms with Crippen molar-refractivity contribution in [2.24, 2.45) is 0 Å². The Morgan fingerprint density at radius 2 is 2.40 bits per heavy atom. The number of nitrogens with zero attached hydrogens (tertiary/aromatic N) is 1. The molecular weight excluding hydrogens is 146 g/mol. The second-order valence-electron chi connectivity index (χ2n) is 2.16. The summed E-state index contributed by atoms with van der Waals surface area (Å²) in [6, 6.07) is 4.74. The summed E-state index contributed by atoms with van der Waals surface area (Å²) >= 11 is 5.73. The molecule has 1 radical (unpaired) electrons. The molecule has 0 bridgehead atoms. The van der Waals surface area contributed by atoms with Crippen molar-refractivity contribution in [3.05, 3.63) is 28.5 Å². The minimum atomic E-state index is 0.657. The van der Waals surface area contributed by atoms with Crippen molar-refractivity contribution < 1.29 is 0 Å². The number of rotatable bonds is 1. The van der Waals surface area contributed by atoms with Gasteiger partial charge in [-0.25, -0.2) is 0 Å². The lowest BCUT2D eigenvalue weighted by Crippen LogP contribution is -1.89. The van der Waals surface area contributed by atoms with Gasteiger partial charge in [0.15, 0.2) is 0 Å². The Hall–Kier alpha value is -0.560. The molecule has 0 aromatic carbocycles. The lowest BCUT2D eigenvalue weighted by molar-refractivity contribution is 1.00. The van der Waals surface area contributed by atoms with Crippen LogP contribution in [0.5, 0.6) is 0 Å². The maximum Gasteiger partial charge on any atom is 0.0521 e. The van der Waals surface area contributed by atoms with Crippen molar-refractivity contribution in [3.8, 4) is 0 Å². The molecule has 1 heterocycles. The maximum atomic E-state index is 5.73. The molecule has 0 fully saturated rings. The van der Waals surface area contributed by atoms with Gasteiger partial charge in [-0.3, -0.25) is 4.98 Å². The fourth-order valence-corrected chi connectivity index (χ4v) is 1.07. The molecule has 0 N–H and O–H groups in total. The first-order chi connectivity index (χ1) is 4.72. The standard InChI is InChI=1S/C8H9ClN/c1-3-8-5-7(9)4-6(2)10-8/h5H,3H2,1-2H3. The van der Waals surface area contributed by atoms with Crippen LogP contribution in [0.25, 0.3) is 0 Å². The van der Waals surface area contributed by atoms with Gasteiger partial charge in [0.05, 0.1) is 5.02 Å². The van der Waals surface area contributed by atoms with Crippen LogP contribution < -0.4 is 0 Å². The Balaban J connectivity index is 3.06. The van der Waals surface area contributed by atoms with Gasteiger partial charge < -0.3 is 0 Å². The van der Waals surface area contributed by atoms with E-state index in [9.17, 15) is 0 Å². The van der Waals surface area contributed by atoms with Gasteiger partial charge >= 0.3 is 0 Å². The van der Waals surface area contributed by atoms with Gasteiger partial charge in [-0.2, -0.15) is 0 Å². The van der Waals surface area contributed by atoms with Crippen molar-refractivity contribution in [2.75, 3.05) is 0 Å². The highest BCUT2D eigenvalue weighted by atomic mass is 35.5. The molecule has 0 saturated carbocycles. The summed E-state index contributed by atoms with van der Waals surface area (Å²) in [5.74, 6) is 0. The molecule has 10 heavy (non-hydrogen) atoms. The highest BCUT2D eigenvalue weighted by molar-refractivity contribution is 6.30. The first kappa shape index (κ1) is 7.55. The van der Waals surface area contributed by atoms with Gasteiger partial charge in [0, 0.05) is 17.5 Å². The zero-order valence-corrected chi connectivity index (χ0v) is 6.87. The van der Waals surface area contributed by atoms with Gasteiger partial charge in [-0.05, 0) is 19.4 Å². The van der Waals surface area contributed by atoms with Crippen LogP contribution in [0.4, 0.5) is 0 Å². The third-order valence-corrected chi connectivity index (χ3v) is 1.47. The number of pyridine rings is 1. The first-order valence-corrected chi connectivity index (χ1v) is 3.65. The monoisotopic (exact) mass is 154 g/mol. The van der Waals surface area contributed by atoms with Crippen LogP contribution in [0.3, 0.4) is 0 Å². The molecule has 0 aliphatic rings. The van der Waals surface area contributed by atoms with Crippen molar-refractivity contribution in [2.45, 2.75) is 20.3 Å². The fraction of sp³-hybridized carbons (Fsp3) is 0.375. The van der Waals surface area contributed by atoms with Crippen LogP contribution >= 0.6 is 11.6 Å². The highest BCUT2D eigenvalue weighted by Crippen LogP contribution is 2.10. The van der Waals surface area contributed by atoms with Crippen LogP contribution in [0, 0.1) is 13.0 Å². The van der Waals surface area contributed by atoms with Crippen molar-refractivity contribution in [3.63, 3.8) is 0 Å². The lowest BCUT2D eigenvalue weighted by atomic mass is 10.3. The van der Waals surface area contributed by atoms with Crippen LogP contribution in [0.1, 0.15) is 18.3 Å². The normalized spacial score (nSPS) is 9.90. The second-order valence-corrected chi connectivity index (χ2v) is 2.57. The minimum absolute atomic E-state index is 0.657. The summed E-state index contributed by atoms with van der Waals surface area (Å²) in [6.07, 6.45) is 0.926. The molecule has 0 aliphatic heterocycles. The predicted octanol–water partition coefficient (Wildman–Crippen LogP) is 2.41. The molecule has 53 valence electrons. The average Bonchev–Trinajstić information content (AvgIpc) is 1.85. The SMILES string of the molecule is CCc1cc(Cl)[c]c(C)n1. The van der Waals surface area contributed by atoms with E-state index in [4.69, 9.17) is 11.6 Å². The number of hydrogen-bond acceptors (Lipinski definition) is 1. The summed E-state index contributed by atoms with van der Waals surface area (Å²) in [4.78, 5) is 4.21. The van der Waals surface area contributed by atoms with E-state index in [0.29, 0.717) is 5.02 Å². The molecular formula is C8H9ClN. The molecule has 0 aliphatic carbocycles. The third-order valence-electron chi connectivity index (χ3n) is 1.27. The molecule has 1 rings (SSSR count). The van der Waals surface area contributed by atoms with Gasteiger partial charge in [-0.15, -0.1) is 0 Å². The molecule has 2 heteroatoms. The van der Waals surface area contributed by atoms with Crippen molar-refractivity contribution in [1.29, 1.82) is 0 Å².